The monoisotopic (exact) mass is 218 g/mol. The molecule has 1 spiro atoms. The van der Waals surface area contributed by atoms with Gasteiger partial charge in [-0.3, -0.25) is 0 Å². The molecule has 5 nitrogen and oxygen atoms in total. The molecule has 2 saturated heterocycles. The maximum absolute atomic E-state index is 9.85. The summed E-state index contributed by atoms with van der Waals surface area (Å²) in [5.74, 6) is 0. The Morgan fingerprint density at radius 2 is 1.27 bits per heavy atom. The molecule has 0 unspecified atom stereocenters. The van der Waals surface area contributed by atoms with Crippen molar-refractivity contribution in [2.24, 2.45) is 0 Å². The number of hydrogen-bond donors (Lipinski definition) is 4. The van der Waals surface area contributed by atoms with Crippen molar-refractivity contribution in [3.8, 4) is 0 Å². The first-order chi connectivity index (χ1) is 7.17. The maximum atomic E-state index is 9.85. The van der Waals surface area contributed by atoms with Gasteiger partial charge in [-0.05, 0) is 0 Å². The quantitative estimate of drug-likeness (QED) is 0.406. The van der Waals surface area contributed by atoms with Crippen LogP contribution in [0.5, 0.6) is 0 Å². The van der Waals surface area contributed by atoms with Crippen LogP contribution in [0.25, 0.3) is 0 Å². The Morgan fingerprint density at radius 1 is 0.867 bits per heavy atom. The van der Waals surface area contributed by atoms with E-state index in [-0.39, 0.29) is 25.3 Å². The summed E-state index contributed by atoms with van der Waals surface area (Å²) in [6.45, 7) is 1.42. The Balaban J connectivity index is 2.30. The number of aliphatic hydroxyl groups is 4. The van der Waals surface area contributed by atoms with E-state index in [9.17, 15) is 20.4 Å². The van der Waals surface area contributed by atoms with Gasteiger partial charge in [0.05, 0.1) is 26.3 Å². The second kappa shape index (κ2) is 3.99. The lowest BCUT2D eigenvalue weighted by Crippen LogP contribution is -2.59. The van der Waals surface area contributed by atoms with Crippen LogP contribution in [-0.2, 0) is 0 Å². The first-order valence-electron chi connectivity index (χ1n) is 5.61. The topological polar surface area (TPSA) is 80.9 Å². The molecule has 2 rings (SSSR count). The fourth-order valence-electron chi connectivity index (χ4n) is 3.44. The highest BCUT2D eigenvalue weighted by atomic mass is 16.3. The molecule has 5 heteroatoms. The van der Waals surface area contributed by atoms with E-state index in [0.717, 1.165) is 25.9 Å². The van der Waals surface area contributed by atoms with Gasteiger partial charge in [-0.1, -0.05) is 0 Å². The zero-order valence-electron chi connectivity index (χ0n) is 8.79. The van der Waals surface area contributed by atoms with E-state index < -0.39 is 12.2 Å². The van der Waals surface area contributed by atoms with Gasteiger partial charge in [-0.2, -0.15) is 0 Å². The van der Waals surface area contributed by atoms with E-state index in [1.54, 1.807) is 0 Å². The third-order valence-electron chi connectivity index (χ3n) is 4.23. The Bertz CT molecular complexity index is 211. The van der Waals surface area contributed by atoms with Crippen molar-refractivity contribution in [3.05, 3.63) is 0 Å². The number of quaternary nitrogens is 1. The molecule has 2 aliphatic heterocycles. The van der Waals surface area contributed by atoms with Gasteiger partial charge in [-0.25, -0.2) is 0 Å². The van der Waals surface area contributed by atoms with Gasteiger partial charge < -0.3 is 24.9 Å². The predicted molar refractivity (Wildman–Crippen MR) is 53.0 cm³/mol. The highest BCUT2D eigenvalue weighted by Crippen LogP contribution is 2.37. The van der Waals surface area contributed by atoms with Crippen LogP contribution in [0.3, 0.4) is 0 Å². The van der Waals surface area contributed by atoms with Gasteiger partial charge in [0.25, 0.3) is 0 Å². The van der Waals surface area contributed by atoms with Crippen molar-refractivity contribution in [1.82, 2.24) is 0 Å². The smallest absolute Gasteiger partial charge is 0.142 e. The van der Waals surface area contributed by atoms with Gasteiger partial charge in [-0.15, -0.1) is 0 Å². The Labute approximate surface area is 89.2 Å². The summed E-state index contributed by atoms with van der Waals surface area (Å²) < 4.78 is 0.495. The van der Waals surface area contributed by atoms with Crippen molar-refractivity contribution in [2.75, 3.05) is 26.3 Å². The second-order valence-corrected chi connectivity index (χ2v) is 4.74. The second-order valence-electron chi connectivity index (χ2n) is 4.74. The molecule has 0 amide bonds. The van der Waals surface area contributed by atoms with Crippen LogP contribution in [-0.4, -0.2) is 75.5 Å². The summed E-state index contributed by atoms with van der Waals surface area (Å²) in [5.41, 5.74) is 0. The van der Waals surface area contributed by atoms with Crippen molar-refractivity contribution >= 4 is 0 Å². The normalized spacial score (nSPS) is 44.0. The Kier molecular flexibility index (Phi) is 3.00. The van der Waals surface area contributed by atoms with Crippen molar-refractivity contribution in [2.45, 2.75) is 37.1 Å². The summed E-state index contributed by atoms with van der Waals surface area (Å²) >= 11 is 0. The molecule has 4 atom stereocenters. The molecule has 2 aliphatic rings. The Morgan fingerprint density at radius 3 is 1.60 bits per heavy atom. The Hall–Kier alpha value is -0.200. The molecule has 0 radical (unpaired) electrons. The molecule has 0 aliphatic carbocycles. The molecule has 0 aromatic rings. The molecule has 2 heterocycles. The van der Waals surface area contributed by atoms with Gasteiger partial charge in [0.2, 0.25) is 0 Å². The first-order valence-corrected chi connectivity index (χ1v) is 5.61. The number of hydrogen-bond acceptors (Lipinski definition) is 4. The van der Waals surface area contributed by atoms with E-state index in [1.807, 2.05) is 0 Å². The van der Waals surface area contributed by atoms with Crippen LogP contribution in [0.15, 0.2) is 0 Å². The van der Waals surface area contributed by atoms with Gasteiger partial charge >= 0.3 is 0 Å². The minimum atomic E-state index is -0.912. The number of nitrogens with zero attached hydrogens (tertiary/aromatic N) is 1. The predicted octanol–water partition coefficient (Wildman–Crippen LogP) is -1.95. The lowest BCUT2D eigenvalue weighted by atomic mass is 10.1. The summed E-state index contributed by atoms with van der Waals surface area (Å²) in [6.07, 6.45) is 0.245. The molecule has 2 fully saturated rings. The van der Waals surface area contributed by atoms with E-state index >= 15 is 0 Å². The zero-order valence-corrected chi connectivity index (χ0v) is 8.79. The van der Waals surface area contributed by atoms with Crippen LogP contribution in [0, 0.1) is 0 Å². The summed E-state index contributed by atoms with van der Waals surface area (Å²) in [6, 6.07) is -0.667. The molecule has 0 aromatic carbocycles. The minimum absolute atomic E-state index is 0.130. The molecule has 88 valence electrons. The zero-order chi connectivity index (χ0) is 11.1. The highest BCUT2D eigenvalue weighted by molar-refractivity contribution is 4.93. The summed E-state index contributed by atoms with van der Waals surface area (Å²) in [4.78, 5) is 0. The molecular weight excluding hydrogens is 198 g/mol. The average Bonchev–Trinajstić information content (AvgIpc) is 2.76. The summed E-state index contributed by atoms with van der Waals surface area (Å²) in [5, 5.41) is 38.3. The van der Waals surface area contributed by atoms with Crippen LogP contribution in [0.2, 0.25) is 0 Å². The maximum Gasteiger partial charge on any atom is 0.142 e. The standard InChI is InChI=1S/C10H20NO4/c12-5-7-9(14)10(15)8(6-13)11(7)3-1-2-4-11/h7-10,12-15H,1-6H2/q+1/t7-,8-,9-,10-/m0/s1. The molecule has 0 bridgehead atoms. The molecule has 0 saturated carbocycles. The number of aliphatic hydroxyl groups excluding tert-OH is 4. The van der Waals surface area contributed by atoms with E-state index in [4.69, 9.17) is 0 Å². The SMILES string of the molecule is OC[C@H]1[C@H](O)[C@@H](O)[C@H](CO)[N+]12CCCC2. The van der Waals surface area contributed by atoms with Crippen molar-refractivity contribution in [1.29, 1.82) is 0 Å². The van der Waals surface area contributed by atoms with E-state index in [2.05, 4.69) is 0 Å². The third kappa shape index (κ3) is 1.42. The highest BCUT2D eigenvalue weighted by Gasteiger charge is 2.60. The van der Waals surface area contributed by atoms with Crippen LogP contribution < -0.4 is 0 Å². The van der Waals surface area contributed by atoms with Gasteiger partial charge in [0.15, 0.2) is 0 Å². The lowest BCUT2D eigenvalue weighted by Gasteiger charge is -2.40. The summed E-state index contributed by atoms with van der Waals surface area (Å²) in [7, 11) is 0. The molecule has 0 aromatic heterocycles. The molecular formula is C10H20NO4+. The minimum Gasteiger partial charge on any atom is -0.390 e. The van der Waals surface area contributed by atoms with E-state index in [0.29, 0.717) is 4.48 Å². The van der Waals surface area contributed by atoms with Gasteiger partial charge in [0, 0.05) is 12.8 Å². The van der Waals surface area contributed by atoms with Crippen LogP contribution in [0.4, 0.5) is 0 Å². The van der Waals surface area contributed by atoms with Crippen molar-refractivity contribution in [3.63, 3.8) is 0 Å². The molecule has 4 N–H and O–H groups in total. The van der Waals surface area contributed by atoms with Crippen molar-refractivity contribution < 1.29 is 24.9 Å². The fraction of sp³-hybridized carbons (Fsp3) is 1.00. The average molecular weight is 218 g/mol. The van der Waals surface area contributed by atoms with E-state index in [1.165, 1.54) is 0 Å². The van der Waals surface area contributed by atoms with Crippen LogP contribution >= 0.6 is 0 Å². The van der Waals surface area contributed by atoms with Crippen LogP contribution in [0.1, 0.15) is 12.8 Å². The third-order valence-corrected chi connectivity index (χ3v) is 4.23. The largest absolute Gasteiger partial charge is 0.390 e. The molecule has 15 heavy (non-hydrogen) atoms. The first kappa shape index (κ1) is 11.3. The fourth-order valence-corrected chi connectivity index (χ4v) is 3.44. The number of rotatable bonds is 2. The lowest BCUT2D eigenvalue weighted by molar-refractivity contribution is -0.953. The van der Waals surface area contributed by atoms with Gasteiger partial charge in [0.1, 0.15) is 24.3 Å².